The average molecular weight is 306 g/mol. The Labute approximate surface area is 125 Å². The van der Waals surface area contributed by atoms with Gasteiger partial charge in [-0.15, -0.1) is 0 Å². The number of aryl methyl sites for hydroxylation is 2. The summed E-state index contributed by atoms with van der Waals surface area (Å²) in [7, 11) is 0. The van der Waals surface area contributed by atoms with E-state index in [0.717, 1.165) is 11.4 Å². The fourth-order valence-electron chi connectivity index (χ4n) is 1.64. The number of aromatic amines is 1. The molecule has 0 aromatic carbocycles. The summed E-state index contributed by atoms with van der Waals surface area (Å²) in [6, 6.07) is 3.04. The summed E-state index contributed by atoms with van der Waals surface area (Å²) < 4.78 is 0. The quantitative estimate of drug-likeness (QED) is 0.728. The molecule has 110 valence electrons. The number of carboxylic acid groups (broad SMARTS) is 1. The molecule has 0 atom stereocenters. The SMILES string of the molecule is Cc1n[nH]c(C)c1NC(=O)CSc1ccc(C(=O)O)cn1. The number of H-pyrrole nitrogens is 1. The molecule has 2 heterocycles. The number of carboxylic acids is 1. The van der Waals surface area contributed by atoms with Gasteiger partial charge in [0.15, 0.2) is 0 Å². The molecular formula is C13H14N4O3S. The average Bonchev–Trinajstić information content (AvgIpc) is 2.77. The number of amides is 1. The number of hydrogen-bond donors (Lipinski definition) is 3. The summed E-state index contributed by atoms with van der Waals surface area (Å²) in [5, 5.41) is 18.9. The van der Waals surface area contributed by atoms with Crippen molar-refractivity contribution in [3.8, 4) is 0 Å². The van der Waals surface area contributed by atoms with Gasteiger partial charge >= 0.3 is 5.97 Å². The van der Waals surface area contributed by atoms with Crippen LogP contribution in [-0.2, 0) is 4.79 Å². The molecule has 0 saturated heterocycles. The molecule has 0 aliphatic heterocycles. The van der Waals surface area contributed by atoms with Gasteiger partial charge in [0.1, 0.15) is 0 Å². The highest BCUT2D eigenvalue weighted by Gasteiger charge is 2.11. The molecule has 7 nitrogen and oxygen atoms in total. The Morgan fingerprint density at radius 1 is 1.38 bits per heavy atom. The van der Waals surface area contributed by atoms with Crippen LogP contribution in [0.2, 0.25) is 0 Å². The third-order valence-electron chi connectivity index (χ3n) is 2.73. The summed E-state index contributed by atoms with van der Waals surface area (Å²) in [5.41, 5.74) is 2.34. The molecule has 2 aromatic rings. The molecule has 3 N–H and O–H groups in total. The standard InChI is InChI=1S/C13H14N4O3S/c1-7-12(8(2)17-16-7)15-10(18)6-21-11-4-3-9(5-14-11)13(19)20/h3-5H,6H2,1-2H3,(H,15,18)(H,16,17)(H,19,20). The first-order chi connectivity index (χ1) is 9.97. The first kappa shape index (κ1) is 15.0. The molecule has 8 heteroatoms. The van der Waals surface area contributed by atoms with Gasteiger partial charge in [-0.2, -0.15) is 5.10 Å². The lowest BCUT2D eigenvalue weighted by atomic mass is 10.3. The van der Waals surface area contributed by atoms with Gasteiger partial charge in [0.05, 0.1) is 33.4 Å². The highest BCUT2D eigenvalue weighted by atomic mass is 32.2. The zero-order chi connectivity index (χ0) is 15.4. The van der Waals surface area contributed by atoms with Crippen LogP contribution in [0.5, 0.6) is 0 Å². The van der Waals surface area contributed by atoms with E-state index in [9.17, 15) is 9.59 Å². The third-order valence-corrected chi connectivity index (χ3v) is 3.67. The van der Waals surface area contributed by atoms with Gasteiger partial charge in [-0.1, -0.05) is 11.8 Å². The Bertz CT molecular complexity index is 647. The van der Waals surface area contributed by atoms with E-state index < -0.39 is 5.97 Å². The van der Waals surface area contributed by atoms with Crippen LogP contribution in [0.1, 0.15) is 21.7 Å². The van der Waals surface area contributed by atoms with Crippen LogP contribution in [0.15, 0.2) is 23.4 Å². The molecular weight excluding hydrogens is 292 g/mol. The molecule has 0 aliphatic rings. The van der Waals surface area contributed by atoms with Gasteiger partial charge < -0.3 is 10.4 Å². The van der Waals surface area contributed by atoms with Crippen molar-refractivity contribution >= 4 is 29.3 Å². The third kappa shape index (κ3) is 3.82. The van der Waals surface area contributed by atoms with Gasteiger partial charge in [0.25, 0.3) is 0 Å². The van der Waals surface area contributed by atoms with Gasteiger partial charge in [-0.25, -0.2) is 9.78 Å². The summed E-state index contributed by atoms with van der Waals surface area (Å²) in [5.74, 6) is -1.01. The van der Waals surface area contributed by atoms with Crippen molar-refractivity contribution in [2.45, 2.75) is 18.9 Å². The van der Waals surface area contributed by atoms with Crippen LogP contribution in [0.4, 0.5) is 5.69 Å². The molecule has 0 aliphatic carbocycles. The van der Waals surface area contributed by atoms with E-state index in [0.29, 0.717) is 10.7 Å². The molecule has 1 amide bonds. The van der Waals surface area contributed by atoms with Crippen molar-refractivity contribution in [3.05, 3.63) is 35.3 Å². The number of hydrogen-bond acceptors (Lipinski definition) is 5. The number of thioether (sulfide) groups is 1. The van der Waals surface area contributed by atoms with Gasteiger partial charge in [0.2, 0.25) is 5.91 Å². The minimum absolute atomic E-state index is 0.119. The fourth-order valence-corrected chi connectivity index (χ4v) is 2.28. The van der Waals surface area contributed by atoms with Crippen LogP contribution in [0, 0.1) is 13.8 Å². The van der Waals surface area contributed by atoms with Gasteiger partial charge in [-0.3, -0.25) is 9.89 Å². The molecule has 2 aromatic heterocycles. The van der Waals surface area contributed by atoms with Crippen LogP contribution < -0.4 is 5.32 Å². The number of carbonyl (C=O) groups excluding carboxylic acids is 1. The zero-order valence-corrected chi connectivity index (χ0v) is 12.3. The van der Waals surface area contributed by atoms with Crippen LogP contribution >= 0.6 is 11.8 Å². The van der Waals surface area contributed by atoms with Crippen molar-refractivity contribution in [1.29, 1.82) is 0 Å². The number of anilines is 1. The van der Waals surface area contributed by atoms with E-state index in [2.05, 4.69) is 20.5 Å². The van der Waals surface area contributed by atoms with E-state index in [1.165, 1.54) is 24.0 Å². The second kappa shape index (κ2) is 6.40. The second-order valence-corrected chi connectivity index (χ2v) is 5.33. The van der Waals surface area contributed by atoms with Crippen LogP contribution in [-0.4, -0.2) is 37.9 Å². The summed E-state index contributed by atoms with van der Waals surface area (Å²) >= 11 is 1.24. The Morgan fingerprint density at radius 3 is 2.67 bits per heavy atom. The molecule has 0 fully saturated rings. The number of pyridine rings is 1. The smallest absolute Gasteiger partial charge is 0.337 e. The van der Waals surface area contributed by atoms with Crippen molar-refractivity contribution in [3.63, 3.8) is 0 Å². The number of carbonyl (C=O) groups is 2. The number of aromatic nitrogens is 3. The van der Waals surface area contributed by atoms with E-state index in [4.69, 9.17) is 5.11 Å². The van der Waals surface area contributed by atoms with Gasteiger partial charge in [-0.05, 0) is 26.0 Å². The monoisotopic (exact) mass is 306 g/mol. The lowest BCUT2D eigenvalue weighted by Crippen LogP contribution is -2.15. The van der Waals surface area contributed by atoms with E-state index >= 15 is 0 Å². The van der Waals surface area contributed by atoms with Crippen LogP contribution in [0.25, 0.3) is 0 Å². The number of nitrogens with one attached hydrogen (secondary N) is 2. The molecule has 0 radical (unpaired) electrons. The normalized spacial score (nSPS) is 10.4. The highest BCUT2D eigenvalue weighted by Crippen LogP contribution is 2.19. The Kier molecular flexibility index (Phi) is 4.59. The second-order valence-electron chi connectivity index (χ2n) is 4.34. The van der Waals surface area contributed by atoms with Crippen molar-refractivity contribution in [1.82, 2.24) is 15.2 Å². The number of nitrogens with zero attached hydrogens (tertiary/aromatic N) is 2. The van der Waals surface area contributed by atoms with Crippen molar-refractivity contribution in [2.75, 3.05) is 11.1 Å². The maximum atomic E-state index is 11.9. The molecule has 0 spiro atoms. The van der Waals surface area contributed by atoms with Gasteiger partial charge in [0, 0.05) is 6.20 Å². The minimum Gasteiger partial charge on any atom is -0.478 e. The molecule has 2 rings (SSSR count). The fraction of sp³-hybridized carbons (Fsp3) is 0.231. The summed E-state index contributed by atoms with van der Waals surface area (Å²) in [6.45, 7) is 3.63. The number of aromatic carboxylic acids is 1. The Balaban J connectivity index is 1.91. The predicted octanol–water partition coefficient (Wildman–Crippen LogP) is 1.85. The highest BCUT2D eigenvalue weighted by molar-refractivity contribution is 7.99. The van der Waals surface area contributed by atoms with E-state index in [1.54, 1.807) is 13.0 Å². The summed E-state index contributed by atoms with van der Waals surface area (Å²) in [4.78, 5) is 26.6. The van der Waals surface area contributed by atoms with E-state index in [-0.39, 0.29) is 17.2 Å². The maximum Gasteiger partial charge on any atom is 0.337 e. The topological polar surface area (TPSA) is 108 Å². The Morgan fingerprint density at radius 2 is 2.14 bits per heavy atom. The minimum atomic E-state index is -1.03. The van der Waals surface area contributed by atoms with E-state index in [1.807, 2.05) is 6.92 Å². The lowest BCUT2D eigenvalue weighted by molar-refractivity contribution is -0.113. The molecule has 0 saturated carbocycles. The van der Waals surface area contributed by atoms with Crippen molar-refractivity contribution < 1.29 is 14.7 Å². The number of rotatable bonds is 5. The first-order valence-corrected chi connectivity index (χ1v) is 7.09. The molecule has 21 heavy (non-hydrogen) atoms. The maximum absolute atomic E-state index is 11.9. The van der Waals surface area contributed by atoms with Crippen LogP contribution in [0.3, 0.4) is 0 Å². The molecule has 0 unspecified atom stereocenters. The Hall–Kier alpha value is -2.35. The predicted molar refractivity (Wildman–Crippen MR) is 78.6 cm³/mol. The first-order valence-electron chi connectivity index (χ1n) is 6.11. The summed E-state index contributed by atoms with van der Waals surface area (Å²) in [6.07, 6.45) is 1.27. The lowest BCUT2D eigenvalue weighted by Gasteiger charge is -2.05. The molecule has 0 bridgehead atoms. The largest absolute Gasteiger partial charge is 0.478 e. The van der Waals surface area contributed by atoms with Crippen molar-refractivity contribution in [2.24, 2.45) is 0 Å². The zero-order valence-electron chi connectivity index (χ0n) is 11.5.